The van der Waals surface area contributed by atoms with E-state index in [0.717, 1.165) is 16.5 Å². The van der Waals surface area contributed by atoms with E-state index in [2.05, 4.69) is 16.4 Å². The molecule has 0 bridgehead atoms. The number of H-pyrrole nitrogens is 1. The molecule has 0 spiro atoms. The Morgan fingerprint density at radius 2 is 2.16 bits per heavy atom. The lowest BCUT2D eigenvalue weighted by atomic mass is 9.65. The van der Waals surface area contributed by atoms with Crippen molar-refractivity contribution in [2.75, 3.05) is 7.05 Å². The van der Waals surface area contributed by atoms with Gasteiger partial charge in [0, 0.05) is 17.0 Å². The smallest absolute Gasteiger partial charge is 0.248 e. The normalized spacial score (nSPS) is 13.7. The maximum atomic E-state index is 11.3. The van der Waals surface area contributed by atoms with E-state index < -0.39 is 0 Å². The molecule has 4 nitrogen and oxygen atoms in total. The predicted molar refractivity (Wildman–Crippen MR) is 77.4 cm³/mol. The summed E-state index contributed by atoms with van der Waals surface area (Å²) in [6.07, 6.45) is 0. The van der Waals surface area contributed by atoms with Crippen LogP contribution in [0.15, 0.2) is 35.1 Å². The minimum Gasteiger partial charge on any atom is -0.323 e. The molecular formula is C14H15BN3O. The molecule has 0 amide bonds. The molecule has 2 unspecified atom stereocenters. The second kappa shape index (κ2) is 5.72. The van der Waals surface area contributed by atoms with Crippen molar-refractivity contribution in [1.82, 2.24) is 10.3 Å². The van der Waals surface area contributed by atoms with Crippen LogP contribution in [0.25, 0.3) is 10.9 Å². The molecule has 95 valence electrons. The standard InChI is InChI=1S/C14H15BN3O/c1-15-14(17-2)11(8-16)9-4-3-5-12-10(9)6-7-13(19)18-12/h3-7,11,14,17H,1-2H3,(H,18,19). The van der Waals surface area contributed by atoms with Gasteiger partial charge in [-0.05, 0) is 30.7 Å². The number of nitrogens with zero attached hydrogens (tertiary/aromatic N) is 1. The summed E-state index contributed by atoms with van der Waals surface area (Å²) in [6, 6.07) is 11.2. The van der Waals surface area contributed by atoms with Gasteiger partial charge >= 0.3 is 0 Å². The lowest BCUT2D eigenvalue weighted by Gasteiger charge is -2.21. The fourth-order valence-corrected chi connectivity index (χ4v) is 2.35. The van der Waals surface area contributed by atoms with Crippen molar-refractivity contribution < 1.29 is 0 Å². The second-order valence-corrected chi connectivity index (χ2v) is 4.39. The third-order valence-electron chi connectivity index (χ3n) is 3.32. The summed E-state index contributed by atoms with van der Waals surface area (Å²) >= 11 is 0. The highest BCUT2D eigenvalue weighted by Crippen LogP contribution is 2.25. The molecule has 0 fully saturated rings. The van der Waals surface area contributed by atoms with Crippen LogP contribution in [0.1, 0.15) is 11.5 Å². The largest absolute Gasteiger partial charge is 0.323 e. The molecule has 0 aliphatic rings. The Morgan fingerprint density at radius 3 is 2.79 bits per heavy atom. The van der Waals surface area contributed by atoms with Crippen LogP contribution < -0.4 is 10.9 Å². The zero-order valence-corrected chi connectivity index (χ0v) is 11.0. The summed E-state index contributed by atoms with van der Waals surface area (Å²) in [6.45, 7) is 1.93. The Kier molecular flexibility index (Phi) is 4.03. The molecule has 0 aliphatic heterocycles. The lowest BCUT2D eigenvalue weighted by molar-refractivity contribution is 0.668. The third-order valence-corrected chi connectivity index (χ3v) is 3.32. The Morgan fingerprint density at radius 1 is 1.37 bits per heavy atom. The molecule has 1 radical (unpaired) electrons. The Balaban J connectivity index is 2.61. The number of nitriles is 1. The summed E-state index contributed by atoms with van der Waals surface area (Å²) in [5.74, 6) is -0.313. The number of fused-ring (bicyclic) bond motifs is 1. The van der Waals surface area contributed by atoms with E-state index in [1.807, 2.05) is 39.3 Å². The molecule has 2 aromatic rings. The quantitative estimate of drug-likeness (QED) is 0.809. The van der Waals surface area contributed by atoms with E-state index in [4.69, 9.17) is 0 Å². The Labute approximate surface area is 112 Å². The fraction of sp³-hybridized carbons (Fsp3) is 0.286. The first kappa shape index (κ1) is 13.4. The van der Waals surface area contributed by atoms with Crippen LogP contribution in [-0.2, 0) is 0 Å². The summed E-state index contributed by atoms with van der Waals surface area (Å²) in [4.78, 5) is 14.1. The number of aromatic nitrogens is 1. The van der Waals surface area contributed by atoms with Gasteiger partial charge in [-0.2, -0.15) is 5.26 Å². The number of rotatable bonds is 4. The van der Waals surface area contributed by atoms with E-state index in [1.54, 1.807) is 6.07 Å². The molecule has 0 saturated carbocycles. The van der Waals surface area contributed by atoms with E-state index in [9.17, 15) is 10.1 Å². The number of aromatic amines is 1. The molecule has 19 heavy (non-hydrogen) atoms. The molecule has 2 atom stereocenters. The van der Waals surface area contributed by atoms with Gasteiger partial charge in [-0.25, -0.2) is 0 Å². The first-order chi connectivity index (χ1) is 9.21. The molecular weight excluding hydrogens is 237 g/mol. The number of pyridine rings is 1. The molecule has 0 aliphatic carbocycles. The van der Waals surface area contributed by atoms with Crippen molar-refractivity contribution in [2.45, 2.75) is 18.7 Å². The van der Waals surface area contributed by atoms with E-state index in [1.165, 1.54) is 6.07 Å². The fourth-order valence-electron chi connectivity index (χ4n) is 2.35. The van der Waals surface area contributed by atoms with Crippen molar-refractivity contribution >= 4 is 18.2 Å². The van der Waals surface area contributed by atoms with Crippen molar-refractivity contribution in [3.63, 3.8) is 0 Å². The zero-order chi connectivity index (χ0) is 13.8. The Bertz CT molecular complexity index is 670. The molecule has 1 aromatic carbocycles. The first-order valence-electron chi connectivity index (χ1n) is 6.19. The topological polar surface area (TPSA) is 68.7 Å². The van der Waals surface area contributed by atoms with Gasteiger partial charge in [0.05, 0.1) is 12.0 Å². The van der Waals surface area contributed by atoms with Crippen LogP contribution in [-0.4, -0.2) is 25.3 Å². The van der Waals surface area contributed by atoms with Gasteiger partial charge in [-0.1, -0.05) is 19.0 Å². The Hall–Kier alpha value is -2.06. The van der Waals surface area contributed by atoms with Gasteiger partial charge in [-0.15, -0.1) is 0 Å². The van der Waals surface area contributed by atoms with Crippen LogP contribution in [0.2, 0.25) is 6.82 Å². The van der Waals surface area contributed by atoms with Crippen LogP contribution in [0.3, 0.4) is 0 Å². The van der Waals surface area contributed by atoms with Crippen molar-refractivity contribution in [3.05, 3.63) is 46.2 Å². The highest BCUT2D eigenvalue weighted by molar-refractivity contribution is 6.36. The van der Waals surface area contributed by atoms with E-state index >= 15 is 0 Å². The maximum absolute atomic E-state index is 11.3. The zero-order valence-electron chi connectivity index (χ0n) is 11.0. The van der Waals surface area contributed by atoms with Crippen LogP contribution in [0, 0.1) is 11.3 Å². The van der Waals surface area contributed by atoms with Gasteiger partial charge in [0.15, 0.2) is 0 Å². The molecule has 2 N–H and O–H groups in total. The van der Waals surface area contributed by atoms with Gasteiger partial charge in [-0.3, -0.25) is 4.79 Å². The number of hydrogen-bond acceptors (Lipinski definition) is 3. The minimum absolute atomic E-state index is 0.0254. The third kappa shape index (κ3) is 2.54. The summed E-state index contributed by atoms with van der Waals surface area (Å²) in [7, 11) is 3.81. The van der Waals surface area contributed by atoms with Crippen LogP contribution in [0.4, 0.5) is 0 Å². The van der Waals surface area contributed by atoms with Gasteiger partial charge in [0.25, 0.3) is 0 Å². The molecule has 1 aromatic heterocycles. The van der Waals surface area contributed by atoms with Gasteiger partial charge < -0.3 is 10.3 Å². The highest BCUT2D eigenvalue weighted by atomic mass is 16.1. The minimum atomic E-state index is -0.287. The molecule has 1 heterocycles. The van der Waals surface area contributed by atoms with Gasteiger partial charge in [0.1, 0.15) is 7.28 Å². The first-order valence-corrected chi connectivity index (χ1v) is 6.19. The molecule has 5 heteroatoms. The SMILES string of the molecule is C[B]C(NC)C(C#N)c1cccc2[nH]c(=O)ccc12. The second-order valence-electron chi connectivity index (χ2n) is 4.39. The van der Waals surface area contributed by atoms with Crippen LogP contribution >= 0.6 is 0 Å². The number of benzene rings is 1. The van der Waals surface area contributed by atoms with Crippen molar-refractivity contribution in [2.24, 2.45) is 0 Å². The van der Waals surface area contributed by atoms with E-state index in [-0.39, 0.29) is 17.4 Å². The number of likely N-dealkylation sites (N-methyl/N-ethyl adjacent to an activating group) is 1. The monoisotopic (exact) mass is 252 g/mol. The summed E-state index contributed by atoms with van der Waals surface area (Å²) in [5, 5.41) is 13.5. The van der Waals surface area contributed by atoms with Crippen LogP contribution in [0.5, 0.6) is 0 Å². The highest BCUT2D eigenvalue weighted by Gasteiger charge is 2.22. The predicted octanol–water partition coefficient (Wildman–Crippen LogP) is 1.43. The van der Waals surface area contributed by atoms with Gasteiger partial charge in [0.2, 0.25) is 5.56 Å². The van der Waals surface area contributed by atoms with Crippen molar-refractivity contribution in [1.29, 1.82) is 5.26 Å². The average molecular weight is 252 g/mol. The number of hydrogen-bond donors (Lipinski definition) is 2. The lowest BCUT2D eigenvalue weighted by Crippen LogP contribution is -2.36. The molecule has 0 saturated heterocycles. The number of nitrogens with one attached hydrogen (secondary N) is 2. The summed E-state index contributed by atoms with van der Waals surface area (Å²) < 4.78 is 0. The van der Waals surface area contributed by atoms with E-state index in [0.29, 0.717) is 0 Å². The maximum Gasteiger partial charge on any atom is 0.248 e. The summed E-state index contributed by atoms with van der Waals surface area (Å²) in [5.41, 5.74) is 1.55. The molecule has 2 rings (SSSR count). The van der Waals surface area contributed by atoms with Crippen molar-refractivity contribution in [3.8, 4) is 6.07 Å². The average Bonchev–Trinajstić information content (AvgIpc) is 2.43.